The van der Waals surface area contributed by atoms with Gasteiger partial charge in [-0.2, -0.15) is 0 Å². The van der Waals surface area contributed by atoms with Crippen LogP contribution in [-0.4, -0.2) is 54.5 Å². The van der Waals surface area contributed by atoms with E-state index in [0.717, 1.165) is 34.7 Å². The van der Waals surface area contributed by atoms with Gasteiger partial charge in [-0.3, -0.25) is 4.79 Å². The molecule has 0 aliphatic carbocycles. The smallest absolute Gasteiger partial charge is 0.339 e. The molecule has 0 saturated carbocycles. The number of nitrogens with zero attached hydrogens (tertiary/aromatic N) is 3. The van der Waals surface area contributed by atoms with Crippen LogP contribution in [0.2, 0.25) is 0 Å². The van der Waals surface area contributed by atoms with Gasteiger partial charge in [-0.1, -0.05) is 0 Å². The highest BCUT2D eigenvalue weighted by molar-refractivity contribution is 9.10. The molecule has 0 unspecified atom stereocenters. The molecule has 3 heterocycles. The highest BCUT2D eigenvalue weighted by Crippen LogP contribution is 2.25. The minimum absolute atomic E-state index is 0.0688. The number of hydrogen-bond donors (Lipinski definition) is 0. The lowest BCUT2D eigenvalue weighted by Crippen LogP contribution is -2.35. The summed E-state index contributed by atoms with van der Waals surface area (Å²) in [5.74, 6) is 0.518. The first-order valence-electron chi connectivity index (χ1n) is 8.50. The van der Waals surface area contributed by atoms with Crippen LogP contribution < -0.4 is 4.90 Å². The number of halogens is 1. The molecule has 3 rings (SSSR count). The van der Waals surface area contributed by atoms with E-state index < -0.39 is 0 Å². The molecule has 8 heteroatoms. The van der Waals surface area contributed by atoms with E-state index in [4.69, 9.17) is 4.74 Å². The number of hydrogen-bond acceptors (Lipinski definition) is 6. The number of rotatable bonds is 4. The molecule has 1 fully saturated rings. The summed E-state index contributed by atoms with van der Waals surface area (Å²) in [6, 6.07) is 5.47. The van der Waals surface area contributed by atoms with Crippen molar-refractivity contribution in [2.45, 2.75) is 13.3 Å². The van der Waals surface area contributed by atoms with Crippen LogP contribution in [0.15, 0.2) is 34.2 Å². The molecule has 2 aromatic heterocycles. The summed E-state index contributed by atoms with van der Waals surface area (Å²) >= 11 is 4.89. The minimum Gasteiger partial charge on any atom is -0.462 e. The molecule has 26 heavy (non-hydrogen) atoms. The summed E-state index contributed by atoms with van der Waals surface area (Å²) in [6.45, 7) is 5.02. The van der Waals surface area contributed by atoms with Crippen molar-refractivity contribution in [2.75, 3.05) is 37.7 Å². The van der Waals surface area contributed by atoms with Crippen LogP contribution in [0, 0.1) is 0 Å². The number of carbonyl (C=O) groups excluding carboxylic acids is 2. The first-order valence-corrected chi connectivity index (χ1v) is 10.2. The van der Waals surface area contributed by atoms with E-state index in [1.807, 2.05) is 22.4 Å². The Labute approximate surface area is 164 Å². The first kappa shape index (κ1) is 18.8. The van der Waals surface area contributed by atoms with Crippen molar-refractivity contribution in [3.8, 4) is 0 Å². The molecule has 0 atom stereocenters. The highest BCUT2D eigenvalue weighted by atomic mass is 79.9. The van der Waals surface area contributed by atoms with Crippen molar-refractivity contribution in [3.05, 3.63) is 44.7 Å². The van der Waals surface area contributed by atoms with E-state index in [2.05, 4.69) is 25.8 Å². The molecule has 1 aliphatic rings. The number of ether oxygens (including phenoxy) is 1. The van der Waals surface area contributed by atoms with Crippen LogP contribution in [0.25, 0.3) is 0 Å². The van der Waals surface area contributed by atoms with Gasteiger partial charge in [0.2, 0.25) is 0 Å². The maximum absolute atomic E-state index is 12.7. The number of amides is 1. The maximum atomic E-state index is 12.7. The molecule has 0 radical (unpaired) electrons. The summed E-state index contributed by atoms with van der Waals surface area (Å²) < 4.78 is 5.83. The molecule has 2 aromatic rings. The van der Waals surface area contributed by atoms with Gasteiger partial charge in [-0.15, -0.1) is 11.3 Å². The van der Waals surface area contributed by atoms with Crippen LogP contribution in [0.4, 0.5) is 5.82 Å². The van der Waals surface area contributed by atoms with Crippen LogP contribution in [-0.2, 0) is 4.74 Å². The summed E-state index contributed by atoms with van der Waals surface area (Å²) in [5.41, 5.74) is 0.449. The molecule has 138 valence electrons. The molecule has 0 N–H and O–H groups in total. The van der Waals surface area contributed by atoms with Gasteiger partial charge in [-0.25, -0.2) is 9.78 Å². The fourth-order valence-corrected chi connectivity index (χ4v) is 4.36. The van der Waals surface area contributed by atoms with Crippen molar-refractivity contribution in [1.29, 1.82) is 0 Å². The van der Waals surface area contributed by atoms with Crippen LogP contribution in [0.3, 0.4) is 0 Å². The van der Waals surface area contributed by atoms with Crippen molar-refractivity contribution in [2.24, 2.45) is 0 Å². The van der Waals surface area contributed by atoms with Crippen LogP contribution >= 0.6 is 27.3 Å². The second kappa shape index (κ2) is 8.64. The van der Waals surface area contributed by atoms with Gasteiger partial charge in [0.05, 0.1) is 12.2 Å². The standard InChI is InChI=1S/C18H20BrN3O3S/c1-2-25-18(24)13-4-5-15(20-12-13)21-7-3-8-22(10-9-21)17(23)16-14(19)6-11-26-16/h4-6,11-12H,2-3,7-10H2,1H3. The maximum Gasteiger partial charge on any atom is 0.339 e. The van der Waals surface area contributed by atoms with E-state index in [-0.39, 0.29) is 11.9 Å². The fraction of sp³-hybridized carbons (Fsp3) is 0.389. The molecule has 0 aromatic carbocycles. The number of thiophene rings is 1. The zero-order valence-electron chi connectivity index (χ0n) is 14.5. The highest BCUT2D eigenvalue weighted by Gasteiger charge is 2.23. The number of aromatic nitrogens is 1. The average Bonchev–Trinajstić information content (AvgIpc) is 2.93. The Morgan fingerprint density at radius 3 is 2.73 bits per heavy atom. The molecule has 0 bridgehead atoms. The fourth-order valence-electron chi connectivity index (χ4n) is 2.85. The van der Waals surface area contributed by atoms with E-state index in [9.17, 15) is 9.59 Å². The molecule has 0 spiro atoms. The van der Waals surface area contributed by atoms with E-state index in [1.54, 1.807) is 19.2 Å². The van der Waals surface area contributed by atoms with Crippen molar-refractivity contribution in [3.63, 3.8) is 0 Å². The number of carbonyl (C=O) groups is 2. The van der Waals surface area contributed by atoms with Gasteiger partial charge in [0.1, 0.15) is 10.7 Å². The van der Waals surface area contributed by atoms with Crippen LogP contribution in [0.1, 0.15) is 33.4 Å². The summed E-state index contributed by atoms with van der Waals surface area (Å²) in [4.78, 5) is 33.6. The second-order valence-corrected chi connectivity index (χ2v) is 7.63. The summed E-state index contributed by atoms with van der Waals surface area (Å²) in [7, 11) is 0. The predicted octanol–water partition coefficient (Wildman–Crippen LogP) is 3.43. The van der Waals surface area contributed by atoms with E-state index in [0.29, 0.717) is 25.3 Å². The summed E-state index contributed by atoms with van der Waals surface area (Å²) in [6.07, 6.45) is 2.42. The molecule has 6 nitrogen and oxygen atoms in total. The van der Waals surface area contributed by atoms with Gasteiger partial charge in [0.25, 0.3) is 5.91 Å². The Bertz CT molecular complexity index is 778. The van der Waals surface area contributed by atoms with Gasteiger partial charge in [-0.05, 0) is 52.9 Å². The van der Waals surface area contributed by atoms with Gasteiger partial charge in [0.15, 0.2) is 0 Å². The number of esters is 1. The quantitative estimate of drug-likeness (QED) is 0.685. The van der Waals surface area contributed by atoms with Crippen molar-refractivity contribution >= 4 is 45.0 Å². The van der Waals surface area contributed by atoms with Gasteiger partial charge < -0.3 is 14.5 Å². The third-order valence-corrected chi connectivity index (χ3v) is 6.00. The van der Waals surface area contributed by atoms with Crippen LogP contribution in [0.5, 0.6) is 0 Å². The third-order valence-electron chi connectivity index (χ3n) is 4.18. The zero-order chi connectivity index (χ0) is 18.5. The first-order chi connectivity index (χ1) is 12.6. The largest absolute Gasteiger partial charge is 0.462 e. The Kier molecular flexibility index (Phi) is 6.26. The monoisotopic (exact) mass is 437 g/mol. The van der Waals surface area contributed by atoms with Crippen molar-refractivity contribution in [1.82, 2.24) is 9.88 Å². The minimum atomic E-state index is -0.360. The number of anilines is 1. The lowest BCUT2D eigenvalue weighted by atomic mass is 10.2. The van der Waals surface area contributed by atoms with E-state index in [1.165, 1.54) is 11.3 Å². The lowest BCUT2D eigenvalue weighted by molar-refractivity contribution is 0.0525. The predicted molar refractivity (Wildman–Crippen MR) is 105 cm³/mol. The second-order valence-electron chi connectivity index (χ2n) is 5.86. The lowest BCUT2D eigenvalue weighted by Gasteiger charge is -2.22. The van der Waals surface area contributed by atoms with Gasteiger partial charge >= 0.3 is 5.97 Å². The molecular weight excluding hydrogens is 418 g/mol. The Hall–Kier alpha value is -1.93. The summed E-state index contributed by atoms with van der Waals surface area (Å²) in [5, 5.41) is 1.91. The SMILES string of the molecule is CCOC(=O)c1ccc(N2CCCN(C(=O)c3sccc3Br)CC2)nc1. The average molecular weight is 438 g/mol. The Morgan fingerprint density at radius 2 is 2.08 bits per heavy atom. The molecule has 1 amide bonds. The van der Waals surface area contributed by atoms with Crippen molar-refractivity contribution < 1.29 is 14.3 Å². The normalized spacial score (nSPS) is 14.8. The Morgan fingerprint density at radius 1 is 1.23 bits per heavy atom. The Balaban J connectivity index is 1.64. The topological polar surface area (TPSA) is 62.7 Å². The molecular formula is C18H20BrN3O3S. The molecule has 1 saturated heterocycles. The molecule has 1 aliphatic heterocycles. The zero-order valence-corrected chi connectivity index (χ0v) is 16.9. The number of pyridine rings is 1. The van der Waals surface area contributed by atoms with E-state index >= 15 is 0 Å². The van der Waals surface area contributed by atoms with Gasteiger partial charge in [0, 0.05) is 36.8 Å². The third kappa shape index (κ3) is 4.24.